The second kappa shape index (κ2) is 4.97. The number of hydrogen-bond acceptors (Lipinski definition) is 5. The summed E-state index contributed by atoms with van der Waals surface area (Å²) in [6.07, 6.45) is 7.75. The van der Waals surface area contributed by atoms with Crippen LogP contribution in [0.25, 0.3) is 21.8 Å². The average Bonchev–Trinajstić information content (AvgIpc) is 3.15. The van der Waals surface area contributed by atoms with Crippen molar-refractivity contribution in [2.24, 2.45) is 0 Å². The molecular formula is C16H17N5O2S. The maximum atomic E-state index is 12.5. The Kier molecular flexibility index (Phi) is 2.96. The summed E-state index contributed by atoms with van der Waals surface area (Å²) in [7, 11) is -3.12. The lowest BCUT2D eigenvalue weighted by Gasteiger charge is -2.16. The number of rotatable bonds is 3. The molecule has 2 aliphatic rings. The fraction of sp³-hybridized carbons (Fsp3) is 0.438. The molecular weight excluding hydrogens is 326 g/mol. The zero-order valence-corrected chi connectivity index (χ0v) is 13.8. The molecule has 3 aromatic heterocycles. The molecule has 1 unspecified atom stereocenters. The van der Waals surface area contributed by atoms with Crippen LogP contribution >= 0.6 is 0 Å². The summed E-state index contributed by atoms with van der Waals surface area (Å²) >= 11 is 0. The van der Waals surface area contributed by atoms with Gasteiger partial charge in [0.2, 0.25) is 10.0 Å². The molecule has 1 saturated heterocycles. The molecule has 1 aliphatic heterocycles. The summed E-state index contributed by atoms with van der Waals surface area (Å²) in [5.41, 5.74) is 1.70. The first-order valence-corrected chi connectivity index (χ1v) is 9.71. The Morgan fingerprint density at radius 3 is 2.92 bits per heavy atom. The van der Waals surface area contributed by atoms with Gasteiger partial charge >= 0.3 is 0 Å². The van der Waals surface area contributed by atoms with E-state index in [0.29, 0.717) is 13.1 Å². The Balaban J connectivity index is 1.59. The van der Waals surface area contributed by atoms with Crippen LogP contribution in [0.5, 0.6) is 0 Å². The van der Waals surface area contributed by atoms with Gasteiger partial charge < -0.3 is 4.98 Å². The van der Waals surface area contributed by atoms with Gasteiger partial charge in [0, 0.05) is 47.6 Å². The standard InChI is InChI=1S/C16H17N5O2S/c22-24(23,12-1-2-12)21-6-4-10(9-21)15-14-11(8-19-20-15)7-18-16-13(14)3-5-17-16/h3,5,7-8,10,12H,1-2,4,6,9H2,(H,17,18). The second-order valence-corrected chi connectivity index (χ2v) is 8.86. The average molecular weight is 343 g/mol. The highest BCUT2D eigenvalue weighted by Crippen LogP contribution is 2.38. The first kappa shape index (κ1) is 14.3. The van der Waals surface area contributed by atoms with Crippen LogP contribution in [0, 0.1) is 0 Å². The fourth-order valence-corrected chi connectivity index (χ4v) is 5.56. The highest BCUT2D eigenvalue weighted by Gasteiger charge is 2.43. The smallest absolute Gasteiger partial charge is 0.217 e. The molecule has 0 bridgehead atoms. The number of aromatic amines is 1. The van der Waals surface area contributed by atoms with E-state index in [1.165, 1.54) is 0 Å². The van der Waals surface area contributed by atoms with Crippen molar-refractivity contribution < 1.29 is 8.42 Å². The largest absolute Gasteiger partial charge is 0.346 e. The van der Waals surface area contributed by atoms with Crippen LogP contribution < -0.4 is 0 Å². The highest BCUT2D eigenvalue weighted by atomic mass is 32.2. The van der Waals surface area contributed by atoms with Crippen molar-refractivity contribution in [1.29, 1.82) is 0 Å². The third-order valence-electron chi connectivity index (χ3n) is 5.08. The number of fused-ring (bicyclic) bond motifs is 3. The van der Waals surface area contributed by atoms with Crippen LogP contribution in [0.3, 0.4) is 0 Å². The van der Waals surface area contributed by atoms with Crippen LogP contribution in [0.2, 0.25) is 0 Å². The Morgan fingerprint density at radius 1 is 1.21 bits per heavy atom. The zero-order chi connectivity index (χ0) is 16.3. The van der Waals surface area contributed by atoms with E-state index in [1.807, 2.05) is 12.3 Å². The molecule has 124 valence electrons. The van der Waals surface area contributed by atoms with E-state index in [4.69, 9.17) is 0 Å². The molecule has 7 nitrogen and oxygen atoms in total. The molecule has 3 aromatic rings. The molecule has 5 rings (SSSR count). The lowest BCUT2D eigenvalue weighted by atomic mass is 9.98. The van der Waals surface area contributed by atoms with Crippen LogP contribution in [0.15, 0.2) is 24.7 Å². The SMILES string of the molecule is O=S(=O)(C1CC1)N1CCC(c2nncc3cnc4[nH]ccc4c23)C1. The lowest BCUT2D eigenvalue weighted by molar-refractivity contribution is 0.471. The molecule has 4 heterocycles. The number of nitrogens with zero attached hydrogens (tertiary/aromatic N) is 4. The van der Waals surface area contributed by atoms with Gasteiger partial charge in [-0.05, 0) is 25.3 Å². The first-order chi connectivity index (χ1) is 11.6. The minimum Gasteiger partial charge on any atom is -0.346 e. The first-order valence-electron chi connectivity index (χ1n) is 8.21. The summed E-state index contributed by atoms with van der Waals surface area (Å²) < 4.78 is 26.6. The molecule has 24 heavy (non-hydrogen) atoms. The summed E-state index contributed by atoms with van der Waals surface area (Å²) in [6.45, 7) is 1.07. The van der Waals surface area contributed by atoms with Crippen molar-refractivity contribution in [3.05, 3.63) is 30.4 Å². The molecule has 1 aliphatic carbocycles. The number of sulfonamides is 1. The van der Waals surface area contributed by atoms with Crippen LogP contribution in [-0.4, -0.2) is 51.2 Å². The van der Waals surface area contributed by atoms with Crippen molar-refractivity contribution in [2.45, 2.75) is 30.4 Å². The van der Waals surface area contributed by atoms with E-state index in [9.17, 15) is 8.42 Å². The monoisotopic (exact) mass is 343 g/mol. The quantitative estimate of drug-likeness (QED) is 0.783. The molecule has 0 aromatic carbocycles. The summed E-state index contributed by atoms with van der Waals surface area (Å²) in [4.78, 5) is 7.51. The predicted molar refractivity (Wildman–Crippen MR) is 90.1 cm³/mol. The van der Waals surface area contributed by atoms with E-state index in [1.54, 1.807) is 16.7 Å². The van der Waals surface area contributed by atoms with E-state index < -0.39 is 10.0 Å². The van der Waals surface area contributed by atoms with Crippen LogP contribution in [0.4, 0.5) is 0 Å². The van der Waals surface area contributed by atoms with Crippen molar-refractivity contribution in [1.82, 2.24) is 24.5 Å². The van der Waals surface area contributed by atoms with Crippen molar-refractivity contribution in [3.8, 4) is 0 Å². The van der Waals surface area contributed by atoms with E-state index >= 15 is 0 Å². The molecule has 0 amide bonds. The number of nitrogens with one attached hydrogen (secondary N) is 1. The molecule has 1 saturated carbocycles. The third-order valence-corrected chi connectivity index (χ3v) is 7.44. The van der Waals surface area contributed by atoms with Gasteiger partial charge in [-0.25, -0.2) is 17.7 Å². The Labute approximate surface area is 139 Å². The van der Waals surface area contributed by atoms with Gasteiger partial charge in [0.1, 0.15) is 5.65 Å². The third kappa shape index (κ3) is 2.06. The van der Waals surface area contributed by atoms with E-state index in [2.05, 4.69) is 20.2 Å². The predicted octanol–water partition coefficient (Wildman–Crippen LogP) is 1.79. The van der Waals surface area contributed by atoms with Gasteiger partial charge in [0.15, 0.2) is 0 Å². The maximum absolute atomic E-state index is 12.5. The zero-order valence-electron chi connectivity index (χ0n) is 13.0. The molecule has 1 atom stereocenters. The van der Waals surface area contributed by atoms with Gasteiger partial charge in [-0.15, -0.1) is 0 Å². The minimum absolute atomic E-state index is 0.0789. The number of hydrogen-bond donors (Lipinski definition) is 1. The Hall–Kier alpha value is -2.06. The molecule has 0 spiro atoms. The summed E-state index contributed by atoms with van der Waals surface area (Å²) in [5, 5.41) is 11.3. The molecule has 0 radical (unpaired) electrons. The highest BCUT2D eigenvalue weighted by molar-refractivity contribution is 7.90. The Morgan fingerprint density at radius 2 is 2.08 bits per heavy atom. The van der Waals surface area contributed by atoms with Gasteiger partial charge in [-0.2, -0.15) is 10.2 Å². The normalized spacial score (nSPS) is 22.6. The van der Waals surface area contributed by atoms with Crippen molar-refractivity contribution >= 4 is 31.8 Å². The number of pyridine rings is 1. The minimum atomic E-state index is -3.12. The Bertz CT molecular complexity index is 1040. The van der Waals surface area contributed by atoms with Crippen LogP contribution in [0.1, 0.15) is 30.9 Å². The molecule has 1 N–H and O–H groups in total. The van der Waals surface area contributed by atoms with Crippen molar-refractivity contribution in [2.75, 3.05) is 13.1 Å². The number of aromatic nitrogens is 4. The van der Waals surface area contributed by atoms with E-state index in [0.717, 1.165) is 46.8 Å². The van der Waals surface area contributed by atoms with E-state index in [-0.39, 0.29) is 11.2 Å². The van der Waals surface area contributed by atoms with Crippen LogP contribution in [-0.2, 0) is 10.0 Å². The number of H-pyrrole nitrogens is 1. The van der Waals surface area contributed by atoms with Gasteiger partial charge in [-0.1, -0.05) is 0 Å². The maximum Gasteiger partial charge on any atom is 0.217 e. The van der Waals surface area contributed by atoms with Gasteiger partial charge in [0.25, 0.3) is 0 Å². The fourth-order valence-electron chi connectivity index (χ4n) is 3.66. The van der Waals surface area contributed by atoms with Gasteiger partial charge in [0.05, 0.1) is 17.1 Å². The van der Waals surface area contributed by atoms with Gasteiger partial charge in [-0.3, -0.25) is 0 Å². The molecule has 8 heteroatoms. The summed E-state index contributed by atoms with van der Waals surface area (Å²) in [5.74, 6) is 0.0789. The lowest BCUT2D eigenvalue weighted by Crippen LogP contribution is -2.31. The van der Waals surface area contributed by atoms with Crippen molar-refractivity contribution in [3.63, 3.8) is 0 Å². The topological polar surface area (TPSA) is 91.8 Å². The summed E-state index contributed by atoms with van der Waals surface area (Å²) in [6, 6.07) is 1.99. The second-order valence-electron chi connectivity index (χ2n) is 6.65. The molecule has 2 fully saturated rings.